The second-order valence-electron chi connectivity index (χ2n) is 7.40. The minimum absolute atomic E-state index is 0.280. The number of carboxylic acid groups (broad SMARTS) is 1. The molecule has 0 aliphatic carbocycles. The van der Waals surface area contributed by atoms with Crippen LogP contribution in [-0.2, 0) is 24.4 Å². The Kier molecular flexibility index (Phi) is 6.29. The van der Waals surface area contributed by atoms with Gasteiger partial charge in [0.25, 0.3) is 0 Å². The van der Waals surface area contributed by atoms with Gasteiger partial charge in [-0.05, 0) is 47.0 Å². The first-order chi connectivity index (χ1) is 15.1. The molecule has 0 spiro atoms. The lowest BCUT2D eigenvalue weighted by Gasteiger charge is -2.15. The molecule has 3 aromatic carbocycles. The van der Waals surface area contributed by atoms with Crippen molar-refractivity contribution in [3.63, 3.8) is 0 Å². The molecule has 0 aliphatic heterocycles. The first-order valence-corrected chi connectivity index (χ1v) is 10.1. The van der Waals surface area contributed by atoms with E-state index in [-0.39, 0.29) is 5.82 Å². The van der Waals surface area contributed by atoms with Gasteiger partial charge in [0.15, 0.2) is 0 Å². The normalized spacial score (nSPS) is 12.0. The summed E-state index contributed by atoms with van der Waals surface area (Å²) in [6.45, 7) is 0.725. The predicted octanol–water partition coefficient (Wildman–Crippen LogP) is 4.67. The maximum atomic E-state index is 13.0. The van der Waals surface area contributed by atoms with Gasteiger partial charge < -0.3 is 20.1 Å². The van der Waals surface area contributed by atoms with E-state index in [2.05, 4.69) is 10.3 Å². The van der Waals surface area contributed by atoms with Gasteiger partial charge >= 0.3 is 5.97 Å². The number of hydrogen-bond acceptors (Lipinski definition) is 3. The SMILES string of the molecule is O=C(O)C(Cc1c[nH]c2ccccc12)NCc1cccc(OCc2ccc(F)cc2)c1. The van der Waals surface area contributed by atoms with Gasteiger partial charge in [0.05, 0.1) is 0 Å². The Morgan fingerprint density at radius 3 is 2.65 bits per heavy atom. The van der Waals surface area contributed by atoms with Crippen LogP contribution >= 0.6 is 0 Å². The molecule has 6 heteroatoms. The topological polar surface area (TPSA) is 74.3 Å². The molecule has 0 radical (unpaired) electrons. The number of ether oxygens (including phenoxy) is 1. The molecule has 31 heavy (non-hydrogen) atoms. The fraction of sp³-hybridized carbons (Fsp3) is 0.160. The van der Waals surface area contributed by atoms with Crippen LogP contribution in [0.4, 0.5) is 4.39 Å². The zero-order valence-electron chi connectivity index (χ0n) is 16.8. The summed E-state index contributed by atoms with van der Waals surface area (Å²) in [5.41, 5.74) is 3.75. The number of para-hydroxylation sites is 1. The van der Waals surface area contributed by atoms with Crippen LogP contribution < -0.4 is 10.1 Å². The third kappa shape index (κ3) is 5.29. The third-order valence-electron chi connectivity index (χ3n) is 5.17. The summed E-state index contributed by atoms with van der Waals surface area (Å²) >= 11 is 0. The Labute approximate surface area is 179 Å². The van der Waals surface area contributed by atoms with E-state index in [0.717, 1.165) is 27.6 Å². The molecule has 0 amide bonds. The third-order valence-corrected chi connectivity index (χ3v) is 5.17. The number of carbonyl (C=O) groups is 1. The molecule has 1 heterocycles. The maximum absolute atomic E-state index is 13.0. The number of H-pyrrole nitrogens is 1. The Balaban J connectivity index is 1.38. The Hall–Kier alpha value is -3.64. The number of aromatic amines is 1. The molecule has 1 unspecified atom stereocenters. The largest absolute Gasteiger partial charge is 0.489 e. The fourth-order valence-corrected chi connectivity index (χ4v) is 3.50. The smallest absolute Gasteiger partial charge is 0.321 e. The number of fused-ring (bicyclic) bond motifs is 1. The number of aromatic nitrogens is 1. The summed E-state index contributed by atoms with van der Waals surface area (Å²) in [4.78, 5) is 15.0. The summed E-state index contributed by atoms with van der Waals surface area (Å²) in [5.74, 6) is -0.501. The van der Waals surface area contributed by atoms with Gasteiger partial charge in [-0.3, -0.25) is 4.79 Å². The summed E-state index contributed by atoms with van der Waals surface area (Å²) in [6, 6.07) is 20.8. The van der Waals surface area contributed by atoms with Crippen molar-refractivity contribution < 1.29 is 19.0 Å². The molecule has 4 rings (SSSR count). The second kappa shape index (κ2) is 9.45. The van der Waals surface area contributed by atoms with Crippen LogP contribution in [0, 0.1) is 5.82 Å². The van der Waals surface area contributed by atoms with Gasteiger partial charge in [-0.25, -0.2) is 4.39 Å². The monoisotopic (exact) mass is 418 g/mol. The molecular weight excluding hydrogens is 395 g/mol. The summed E-state index contributed by atoms with van der Waals surface area (Å²) in [7, 11) is 0. The quantitative estimate of drug-likeness (QED) is 0.369. The summed E-state index contributed by atoms with van der Waals surface area (Å²) in [6.07, 6.45) is 2.24. The van der Waals surface area contributed by atoms with E-state index in [1.165, 1.54) is 12.1 Å². The van der Waals surface area contributed by atoms with Crippen molar-refractivity contribution in [1.29, 1.82) is 0 Å². The minimum atomic E-state index is -0.894. The lowest BCUT2D eigenvalue weighted by Crippen LogP contribution is -2.38. The Morgan fingerprint density at radius 2 is 1.84 bits per heavy atom. The highest BCUT2D eigenvalue weighted by Gasteiger charge is 2.19. The highest BCUT2D eigenvalue weighted by Crippen LogP contribution is 2.20. The molecule has 0 aliphatic rings. The molecule has 0 fully saturated rings. The zero-order valence-corrected chi connectivity index (χ0v) is 16.8. The van der Waals surface area contributed by atoms with E-state index in [4.69, 9.17) is 4.74 Å². The highest BCUT2D eigenvalue weighted by molar-refractivity contribution is 5.84. The number of halogens is 1. The fourth-order valence-electron chi connectivity index (χ4n) is 3.50. The van der Waals surface area contributed by atoms with E-state index in [9.17, 15) is 14.3 Å². The molecule has 3 N–H and O–H groups in total. The van der Waals surface area contributed by atoms with Crippen LogP contribution in [0.15, 0.2) is 79.0 Å². The molecule has 0 saturated heterocycles. The van der Waals surface area contributed by atoms with Gasteiger partial charge in [-0.2, -0.15) is 0 Å². The van der Waals surface area contributed by atoms with Crippen LogP contribution in [0.3, 0.4) is 0 Å². The number of carboxylic acids is 1. The number of nitrogens with one attached hydrogen (secondary N) is 2. The van der Waals surface area contributed by atoms with E-state index in [1.54, 1.807) is 12.1 Å². The van der Waals surface area contributed by atoms with E-state index in [0.29, 0.717) is 25.3 Å². The van der Waals surface area contributed by atoms with Crippen molar-refractivity contribution >= 4 is 16.9 Å². The van der Waals surface area contributed by atoms with Crippen molar-refractivity contribution in [2.45, 2.75) is 25.6 Å². The zero-order chi connectivity index (χ0) is 21.6. The van der Waals surface area contributed by atoms with Gasteiger partial charge in [-0.1, -0.05) is 42.5 Å². The van der Waals surface area contributed by atoms with Crippen molar-refractivity contribution in [3.8, 4) is 5.75 Å². The number of hydrogen-bond donors (Lipinski definition) is 3. The second-order valence-corrected chi connectivity index (χ2v) is 7.40. The van der Waals surface area contributed by atoms with Crippen molar-refractivity contribution in [2.24, 2.45) is 0 Å². The lowest BCUT2D eigenvalue weighted by atomic mass is 10.0. The molecule has 0 bridgehead atoms. The molecule has 158 valence electrons. The number of benzene rings is 3. The van der Waals surface area contributed by atoms with Crippen LogP contribution in [-0.4, -0.2) is 22.1 Å². The summed E-state index contributed by atoms with van der Waals surface area (Å²) in [5, 5.41) is 13.9. The van der Waals surface area contributed by atoms with Gasteiger partial charge in [0.2, 0.25) is 0 Å². The van der Waals surface area contributed by atoms with Gasteiger partial charge in [0.1, 0.15) is 24.2 Å². The van der Waals surface area contributed by atoms with Crippen molar-refractivity contribution in [2.75, 3.05) is 0 Å². The predicted molar refractivity (Wildman–Crippen MR) is 117 cm³/mol. The first kappa shape index (κ1) is 20.6. The standard InChI is InChI=1S/C25H23FN2O3/c26-20-10-8-17(9-11-20)16-31-21-5-3-4-18(12-21)14-27-24(25(29)30)13-19-15-28-23-7-2-1-6-22(19)23/h1-12,15,24,27-28H,13-14,16H2,(H,29,30). The molecule has 0 saturated carbocycles. The molecular formula is C25H23FN2O3. The van der Waals surface area contributed by atoms with Crippen LogP contribution in [0.2, 0.25) is 0 Å². The van der Waals surface area contributed by atoms with E-state index < -0.39 is 12.0 Å². The average Bonchev–Trinajstić information content (AvgIpc) is 3.19. The summed E-state index contributed by atoms with van der Waals surface area (Å²) < 4.78 is 18.8. The minimum Gasteiger partial charge on any atom is -0.489 e. The van der Waals surface area contributed by atoms with Crippen LogP contribution in [0.1, 0.15) is 16.7 Å². The molecule has 5 nitrogen and oxygen atoms in total. The maximum Gasteiger partial charge on any atom is 0.321 e. The van der Waals surface area contributed by atoms with E-state index >= 15 is 0 Å². The van der Waals surface area contributed by atoms with Crippen LogP contribution in [0.5, 0.6) is 5.75 Å². The number of aliphatic carboxylic acids is 1. The Morgan fingerprint density at radius 1 is 1.03 bits per heavy atom. The van der Waals surface area contributed by atoms with Crippen molar-refractivity contribution in [3.05, 3.63) is 102 Å². The lowest BCUT2D eigenvalue weighted by molar-refractivity contribution is -0.139. The van der Waals surface area contributed by atoms with Crippen LogP contribution in [0.25, 0.3) is 10.9 Å². The first-order valence-electron chi connectivity index (χ1n) is 10.1. The van der Waals surface area contributed by atoms with Gasteiger partial charge in [0, 0.05) is 30.1 Å². The van der Waals surface area contributed by atoms with Crippen molar-refractivity contribution in [1.82, 2.24) is 10.3 Å². The number of rotatable bonds is 9. The van der Waals surface area contributed by atoms with E-state index in [1.807, 2.05) is 54.7 Å². The molecule has 4 aromatic rings. The molecule has 1 atom stereocenters. The molecule has 1 aromatic heterocycles. The Bertz CT molecular complexity index is 1170. The average molecular weight is 418 g/mol. The highest BCUT2D eigenvalue weighted by atomic mass is 19.1. The van der Waals surface area contributed by atoms with Gasteiger partial charge in [-0.15, -0.1) is 0 Å².